The van der Waals surface area contributed by atoms with Gasteiger partial charge in [-0.3, -0.25) is 14.3 Å². The standard InChI is InChI=1S/C12H9Cl2N5O2/c13-8-3-9(14)10(17-5-8)16-1-2-19-6-7(4-15)11(20)18-12(19)21/h3,5-6H,1-2H2,(H,16,17)(H,18,20,21). The first-order chi connectivity index (χ1) is 10.0. The Bertz CT molecular complexity index is 822. The van der Waals surface area contributed by atoms with Crippen molar-refractivity contribution in [2.45, 2.75) is 6.54 Å². The minimum absolute atomic E-state index is 0.128. The van der Waals surface area contributed by atoms with Gasteiger partial charge in [0.1, 0.15) is 17.5 Å². The fraction of sp³-hybridized carbons (Fsp3) is 0.167. The van der Waals surface area contributed by atoms with E-state index in [4.69, 9.17) is 28.5 Å². The third-order valence-corrected chi connectivity index (χ3v) is 3.08. The lowest BCUT2D eigenvalue weighted by Gasteiger charge is -2.09. The molecule has 0 saturated heterocycles. The SMILES string of the molecule is N#Cc1cn(CCNc2ncc(Cl)cc2Cl)c(=O)[nH]c1=O. The number of rotatable bonds is 4. The van der Waals surface area contributed by atoms with Gasteiger partial charge in [-0.1, -0.05) is 23.2 Å². The molecule has 7 nitrogen and oxygen atoms in total. The van der Waals surface area contributed by atoms with Crippen molar-refractivity contribution >= 4 is 29.0 Å². The average molecular weight is 326 g/mol. The average Bonchev–Trinajstić information content (AvgIpc) is 2.43. The normalized spacial score (nSPS) is 10.1. The van der Waals surface area contributed by atoms with E-state index in [9.17, 15) is 9.59 Å². The first-order valence-corrected chi connectivity index (χ1v) is 6.55. The Morgan fingerprint density at radius 2 is 2.19 bits per heavy atom. The zero-order chi connectivity index (χ0) is 15.4. The van der Waals surface area contributed by atoms with Gasteiger partial charge in [0.05, 0.1) is 10.0 Å². The molecule has 2 aromatic heterocycles. The highest BCUT2D eigenvalue weighted by atomic mass is 35.5. The maximum absolute atomic E-state index is 11.6. The van der Waals surface area contributed by atoms with Crippen LogP contribution in [-0.2, 0) is 6.54 Å². The third-order valence-electron chi connectivity index (χ3n) is 2.58. The summed E-state index contributed by atoms with van der Waals surface area (Å²) >= 11 is 11.7. The fourth-order valence-electron chi connectivity index (χ4n) is 1.59. The van der Waals surface area contributed by atoms with Crippen LogP contribution in [0.4, 0.5) is 5.82 Å². The van der Waals surface area contributed by atoms with Crippen LogP contribution in [0.25, 0.3) is 0 Å². The summed E-state index contributed by atoms with van der Waals surface area (Å²) in [4.78, 5) is 28.9. The molecule has 108 valence electrons. The number of hydrogen-bond donors (Lipinski definition) is 2. The minimum atomic E-state index is -0.700. The Labute approximate surface area is 128 Å². The lowest BCUT2D eigenvalue weighted by molar-refractivity contribution is 0.666. The highest BCUT2D eigenvalue weighted by Crippen LogP contribution is 2.22. The molecule has 21 heavy (non-hydrogen) atoms. The van der Waals surface area contributed by atoms with Crippen LogP contribution >= 0.6 is 23.2 Å². The number of hydrogen-bond acceptors (Lipinski definition) is 5. The third kappa shape index (κ3) is 3.62. The second-order valence-electron chi connectivity index (χ2n) is 4.02. The van der Waals surface area contributed by atoms with Gasteiger partial charge >= 0.3 is 5.69 Å². The molecule has 2 heterocycles. The summed E-state index contributed by atoms with van der Waals surface area (Å²) in [6.07, 6.45) is 2.65. The van der Waals surface area contributed by atoms with E-state index >= 15 is 0 Å². The predicted molar refractivity (Wildman–Crippen MR) is 78.8 cm³/mol. The summed E-state index contributed by atoms with van der Waals surface area (Å²) in [5, 5.41) is 12.5. The van der Waals surface area contributed by atoms with Gasteiger partial charge in [0, 0.05) is 25.5 Å². The molecule has 0 saturated carbocycles. The van der Waals surface area contributed by atoms with Gasteiger partial charge in [-0.05, 0) is 6.07 Å². The fourth-order valence-corrected chi connectivity index (χ4v) is 2.04. The summed E-state index contributed by atoms with van der Waals surface area (Å²) < 4.78 is 1.22. The molecule has 0 aliphatic rings. The number of H-pyrrole nitrogens is 1. The van der Waals surface area contributed by atoms with E-state index in [0.29, 0.717) is 22.4 Å². The lowest BCUT2D eigenvalue weighted by Crippen LogP contribution is -2.32. The van der Waals surface area contributed by atoms with Crippen LogP contribution in [0, 0.1) is 11.3 Å². The Balaban J connectivity index is 2.09. The van der Waals surface area contributed by atoms with Crippen LogP contribution in [0.3, 0.4) is 0 Å². The van der Waals surface area contributed by atoms with Crippen molar-refractivity contribution in [2.24, 2.45) is 0 Å². The monoisotopic (exact) mass is 325 g/mol. The Morgan fingerprint density at radius 3 is 2.86 bits per heavy atom. The molecular formula is C12H9Cl2N5O2. The molecule has 2 N–H and O–H groups in total. The predicted octanol–water partition coefficient (Wildman–Crippen LogP) is 1.22. The highest BCUT2D eigenvalue weighted by Gasteiger charge is 2.05. The van der Waals surface area contributed by atoms with Gasteiger partial charge in [0.15, 0.2) is 0 Å². The number of aromatic amines is 1. The highest BCUT2D eigenvalue weighted by molar-refractivity contribution is 6.35. The van der Waals surface area contributed by atoms with Crippen LogP contribution < -0.4 is 16.6 Å². The lowest BCUT2D eigenvalue weighted by atomic mass is 10.3. The van der Waals surface area contributed by atoms with Gasteiger partial charge in [0.25, 0.3) is 5.56 Å². The van der Waals surface area contributed by atoms with Gasteiger partial charge in [0.2, 0.25) is 0 Å². The second kappa shape index (κ2) is 6.43. The van der Waals surface area contributed by atoms with E-state index in [2.05, 4.69) is 15.3 Å². The van der Waals surface area contributed by atoms with E-state index in [1.807, 2.05) is 0 Å². The van der Waals surface area contributed by atoms with Crippen molar-refractivity contribution in [2.75, 3.05) is 11.9 Å². The van der Waals surface area contributed by atoms with E-state index in [-0.39, 0.29) is 12.1 Å². The van der Waals surface area contributed by atoms with Crippen molar-refractivity contribution in [3.05, 3.63) is 54.9 Å². The van der Waals surface area contributed by atoms with Crippen molar-refractivity contribution in [1.82, 2.24) is 14.5 Å². The van der Waals surface area contributed by atoms with E-state index in [0.717, 1.165) is 0 Å². The summed E-state index contributed by atoms with van der Waals surface area (Å²) in [5.74, 6) is 0.430. The molecule has 0 aliphatic heterocycles. The molecule has 2 rings (SSSR count). The molecule has 0 unspecified atom stereocenters. The Hall–Kier alpha value is -2.30. The molecule has 0 radical (unpaired) electrons. The molecule has 0 aliphatic carbocycles. The number of aromatic nitrogens is 3. The Morgan fingerprint density at radius 1 is 1.43 bits per heavy atom. The van der Waals surface area contributed by atoms with Crippen molar-refractivity contribution in [3.63, 3.8) is 0 Å². The first kappa shape index (κ1) is 15.1. The molecule has 0 bridgehead atoms. The molecule has 9 heteroatoms. The molecule has 0 fully saturated rings. The number of nitrogens with zero attached hydrogens (tertiary/aromatic N) is 3. The van der Waals surface area contributed by atoms with Crippen LogP contribution in [0.15, 0.2) is 28.0 Å². The zero-order valence-electron chi connectivity index (χ0n) is 10.6. The van der Waals surface area contributed by atoms with Crippen molar-refractivity contribution in [3.8, 4) is 6.07 Å². The minimum Gasteiger partial charge on any atom is -0.367 e. The molecule has 0 spiro atoms. The number of halogens is 2. The second-order valence-corrected chi connectivity index (χ2v) is 4.86. The number of pyridine rings is 1. The maximum atomic E-state index is 11.6. The van der Waals surface area contributed by atoms with Crippen molar-refractivity contribution in [1.29, 1.82) is 5.26 Å². The molecule has 0 aromatic carbocycles. The van der Waals surface area contributed by atoms with Crippen molar-refractivity contribution < 1.29 is 0 Å². The number of anilines is 1. The molecule has 2 aromatic rings. The van der Waals surface area contributed by atoms with Gasteiger partial charge in [-0.15, -0.1) is 0 Å². The van der Waals surface area contributed by atoms with Gasteiger partial charge in [-0.2, -0.15) is 5.26 Å². The van der Waals surface area contributed by atoms with Crippen LogP contribution in [0.1, 0.15) is 5.56 Å². The number of nitrogens with one attached hydrogen (secondary N) is 2. The zero-order valence-corrected chi connectivity index (χ0v) is 12.1. The van der Waals surface area contributed by atoms with Crippen LogP contribution in [-0.4, -0.2) is 21.1 Å². The summed E-state index contributed by atoms with van der Waals surface area (Å²) in [5.41, 5.74) is -1.41. The molecular weight excluding hydrogens is 317 g/mol. The topological polar surface area (TPSA) is 104 Å². The van der Waals surface area contributed by atoms with Gasteiger partial charge < -0.3 is 5.32 Å². The first-order valence-electron chi connectivity index (χ1n) is 5.80. The Kier molecular flexibility index (Phi) is 4.62. The molecule has 0 atom stereocenters. The van der Waals surface area contributed by atoms with E-state index in [1.165, 1.54) is 17.0 Å². The van der Waals surface area contributed by atoms with Gasteiger partial charge in [-0.25, -0.2) is 9.78 Å². The van der Waals surface area contributed by atoms with E-state index in [1.54, 1.807) is 12.1 Å². The largest absolute Gasteiger partial charge is 0.367 e. The quantitative estimate of drug-likeness (QED) is 0.879. The van der Waals surface area contributed by atoms with E-state index < -0.39 is 11.2 Å². The maximum Gasteiger partial charge on any atom is 0.328 e. The van der Waals surface area contributed by atoms with Crippen LogP contribution in [0.2, 0.25) is 10.0 Å². The smallest absolute Gasteiger partial charge is 0.328 e. The summed E-state index contributed by atoms with van der Waals surface area (Å²) in [6, 6.07) is 3.25. The summed E-state index contributed by atoms with van der Waals surface area (Å²) in [6.45, 7) is 0.552. The summed E-state index contributed by atoms with van der Waals surface area (Å²) in [7, 11) is 0. The number of nitriles is 1. The van der Waals surface area contributed by atoms with Crippen LogP contribution in [0.5, 0.6) is 0 Å². The molecule has 0 amide bonds.